The second-order valence-corrected chi connectivity index (χ2v) is 8.40. The molecule has 0 aliphatic heterocycles. The van der Waals surface area contributed by atoms with E-state index < -0.39 is 35.5 Å². The molecule has 2 aromatic carbocycles. The number of methoxy groups -OCH3 is 1. The fourth-order valence-corrected chi connectivity index (χ4v) is 4.02. The van der Waals surface area contributed by atoms with Gasteiger partial charge in [-0.25, -0.2) is 4.39 Å². The maximum atomic E-state index is 14.1. The van der Waals surface area contributed by atoms with E-state index in [9.17, 15) is 27.5 Å². The number of aliphatic hydroxyl groups is 1. The summed E-state index contributed by atoms with van der Waals surface area (Å²) in [6, 6.07) is 7.58. The number of pyridine rings is 1. The maximum Gasteiger partial charge on any atom is 0.422 e. The van der Waals surface area contributed by atoms with Gasteiger partial charge in [-0.15, -0.1) is 0 Å². The molecule has 3 aromatic rings. The number of H-pyrrole nitrogens is 1. The van der Waals surface area contributed by atoms with Crippen molar-refractivity contribution in [2.24, 2.45) is 4.99 Å². The van der Waals surface area contributed by atoms with Crippen LogP contribution >= 0.6 is 11.6 Å². The third kappa shape index (κ3) is 5.10. The van der Waals surface area contributed by atoms with Gasteiger partial charge in [-0.05, 0) is 49.4 Å². The standard InChI is InChI=1S/C24H23ClF4N2O3/c1-4-14(16-5-7-18(25)13(2)22(16)34-3)11-23(33,24(27,28)29)12-30-19-9-15(26)10-20-17(19)6-8-21(32)31-20/h5-10,12,14,33H,4,11H2,1-3H3,(H,31,32). The first-order valence-electron chi connectivity index (χ1n) is 10.4. The summed E-state index contributed by atoms with van der Waals surface area (Å²) in [6.45, 7) is 3.38. The van der Waals surface area contributed by atoms with Crippen molar-refractivity contribution < 1.29 is 27.4 Å². The molecule has 0 fully saturated rings. The second kappa shape index (κ2) is 9.76. The summed E-state index contributed by atoms with van der Waals surface area (Å²) in [5, 5.41) is 11.4. The quantitative estimate of drug-likeness (QED) is 0.300. The van der Waals surface area contributed by atoms with Gasteiger partial charge in [-0.3, -0.25) is 9.79 Å². The van der Waals surface area contributed by atoms with E-state index in [1.165, 1.54) is 13.2 Å². The van der Waals surface area contributed by atoms with E-state index in [1.807, 2.05) is 0 Å². The molecule has 0 aliphatic rings. The molecular weight excluding hydrogens is 476 g/mol. The number of benzene rings is 2. The fourth-order valence-electron chi connectivity index (χ4n) is 3.87. The Balaban J connectivity index is 2.07. The van der Waals surface area contributed by atoms with E-state index in [2.05, 4.69) is 9.98 Å². The minimum Gasteiger partial charge on any atom is -0.496 e. The van der Waals surface area contributed by atoms with Gasteiger partial charge in [0.25, 0.3) is 0 Å². The molecule has 1 aromatic heterocycles. The fraction of sp³-hybridized carbons (Fsp3) is 0.333. The Kier molecular flexibility index (Phi) is 7.38. The first kappa shape index (κ1) is 25.7. The van der Waals surface area contributed by atoms with Crippen LogP contribution < -0.4 is 10.3 Å². The molecule has 0 aliphatic carbocycles. The van der Waals surface area contributed by atoms with Gasteiger partial charge in [0.1, 0.15) is 11.6 Å². The number of fused-ring (bicyclic) bond motifs is 1. The average molecular weight is 499 g/mol. The van der Waals surface area contributed by atoms with Crippen molar-refractivity contribution in [3.8, 4) is 5.75 Å². The molecule has 0 saturated carbocycles. The molecule has 2 N–H and O–H groups in total. The molecule has 3 rings (SSSR count). The lowest BCUT2D eigenvalue weighted by Crippen LogP contribution is -2.47. The van der Waals surface area contributed by atoms with Crippen LogP contribution in [0.15, 0.2) is 46.2 Å². The minimum absolute atomic E-state index is 0.0722. The lowest BCUT2D eigenvalue weighted by Gasteiger charge is -2.31. The molecule has 5 nitrogen and oxygen atoms in total. The van der Waals surface area contributed by atoms with Gasteiger partial charge in [0.05, 0.1) is 18.3 Å². The Labute approximate surface area is 198 Å². The molecule has 0 bridgehead atoms. The first-order chi connectivity index (χ1) is 15.9. The predicted molar refractivity (Wildman–Crippen MR) is 124 cm³/mol. The van der Waals surface area contributed by atoms with Crippen LogP contribution in [0.2, 0.25) is 5.02 Å². The van der Waals surface area contributed by atoms with Crippen molar-refractivity contribution in [1.29, 1.82) is 0 Å². The minimum atomic E-state index is -5.07. The van der Waals surface area contributed by atoms with Crippen molar-refractivity contribution >= 4 is 34.4 Å². The van der Waals surface area contributed by atoms with Crippen molar-refractivity contribution in [3.05, 3.63) is 68.7 Å². The molecule has 0 radical (unpaired) electrons. The zero-order valence-corrected chi connectivity index (χ0v) is 19.4. The van der Waals surface area contributed by atoms with Crippen LogP contribution in [0.1, 0.15) is 36.8 Å². The molecule has 0 saturated heterocycles. The summed E-state index contributed by atoms with van der Waals surface area (Å²) in [7, 11) is 1.39. The molecule has 10 heteroatoms. The van der Waals surface area contributed by atoms with Gasteiger partial charge < -0.3 is 14.8 Å². The first-order valence-corrected chi connectivity index (χ1v) is 10.8. The van der Waals surface area contributed by atoms with Gasteiger partial charge in [-0.2, -0.15) is 13.2 Å². The van der Waals surface area contributed by atoms with Crippen molar-refractivity contribution in [3.63, 3.8) is 0 Å². The van der Waals surface area contributed by atoms with Gasteiger partial charge in [0.15, 0.2) is 5.60 Å². The highest BCUT2D eigenvalue weighted by Crippen LogP contribution is 2.43. The van der Waals surface area contributed by atoms with Crippen LogP contribution in [0.3, 0.4) is 0 Å². The highest BCUT2D eigenvalue weighted by molar-refractivity contribution is 6.31. The Hall–Kier alpha value is -2.91. The lowest BCUT2D eigenvalue weighted by atomic mass is 9.83. The molecule has 34 heavy (non-hydrogen) atoms. The number of hydrogen-bond donors (Lipinski definition) is 2. The van der Waals surface area contributed by atoms with Gasteiger partial charge in [-0.1, -0.05) is 24.6 Å². The number of aromatic amines is 1. The Morgan fingerprint density at radius 1 is 1.24 bits per heavy atom. The zero-order chi connectivity index (χ0) is 25.3. The molecule has 2 atom stereocenters. The van der Waals surface area contributed by atoms with Gasteiger partial charge >= 0.3 is 6.18 Å². The number of ether oxygens (including phenoxy) is 1. The van der Waals surface area contributed by atoms with Crippen molar-refractivity contribution in [2.45, 2.75) is 44.4 Å². The lowest BCUT2D eigenvalue weighted by molar-refractivity contribution is -0.232. The third-order valence-corrected chi connectivity index (χ3v) is 6.16. The third-order valence-electron chi connectivity index (χ3n) is 5.75. The maximum absolute atomic E-state index is 14.1. The highest BCUT2D eigenvalue weighted by atomic mass is 35.5. The summed E-state index contributed by atoms with van der Waals surface area (Å²) < 4.78 is 61.6. The largest absolute Gasteiger partial charge is 0.496 e. The molecular formula is C24H23ClF4N2O3. The Morgan fingerprint density at radius 3 is 2.56 bits per heavy atom. The molecule has 182 valence electrons. The monoisotopic (exact) mass is 498 g/mol. The van der Waals surface area contributed by atoms with E-state index in [0.29, 0.717) is 28.1 Å². The van der Waals surface area contributed by atoms with E-state index in [4.69, 9.17) is 16.3 Å². The summed E-state index contributed by atoms with van der Waals surface area (Å²) in [6.07, 6.45) is -5.19. The summed E-state index contributed by atoms with van der Waals surface area (Å²) in [5.41, 5.74) is -2.88. The molecule has 0 spiro atoms. The number of aliphatic imine (C=N–C) groups is 1. The van der Waals surface area contributed by atoms with Crippen LogP contribution in [-0.2, 0) is 0 Å². The van der Waals surface area contributed by atoms with E-state index in [0.717, 1.165) is 18.2 Å². The number of nitrogens with one attached hydrogen (secondary N) is 1. The van der Waals surface area contributed by atoms with Gasteiger partial charge in [0.2, 0.25) is 5.56 Å². The van der Waals surface area contributed by atoms with Gasteiger partial charge in [0, 0.05) is 34.3 Å². The van der Waals surface area contributed by atoms with Crippen LogP contribution in [0, 0.1) is 12.7 Å². The predicted octanol–water partition coefficient (Wildman–Crippen LogP) is 6.22. The normalized spacial score (nSPS) is 15.0. The van der Waals surface area contributed by atoms with E-state index in [1.54, 1.807) is 26.0 Å². The SMILES string of the molecule is CCC(CC(O)(C=Nc1cc(F)cc2[nH]c(=O)ccc12)C(F)(F)F)c1ccc(Cl)c(C)c1OC. The highest BCUT2D eigenvalue weighted by Gasteiger charge is 2.53. The van der Waals surface area contributed by atoms with E-state index in [-0.39, 0.29) is 23.0 Å². The smallest absolute Gasteiger partial charge is 0.422 e. The Morgan fingerprint density at radius 2 is 1.94 bits per heavy atom. The van der Waals surface area contributed by atoms with Crippen LogP contribution in [0.4, 0.5) is 23.2 Å². The summed E-state index contributed by atoms with van der Waals surface area (Å²) >= 11 is 6.12. The summed E-state index contributed by atoms with van der Waals surface area (Å²) in [5.74, 6) is -1.21. The number of aromatic nitrogens is 1. The van der Waals surface area contributed by atoms with Crippen LogP contribution in [0.5, 0.6) is 5.75 Å². The number of hydrogen-bond acceptors (Lipinski definition) is 4. The molecule has 2 unspecified atom stereocenters. The average Bonchev–Trinajstić information content (AvgIpc) is 2.76. The number of nitrogens with zero attached hydrogens (tertiary/aromatic N) is 1. The number of rotatable bonds is 7. The Bertz CT molecular complexity index is 1290. The van der Waals surface area contributed by atoms with Crippen molar-refractivity contribution in [1.82, 2.24) is 4.98 Å². The number of halogens is 5. The van der Waals surface area contributed by atoms with Crippen LogP contribution in [0.25, 0.3) is 10.9 Å². The second-order valence-electron chi connectivity index (χ2n) is 7.99. The molecule has 1 heterocycles. The van der Waals surface area contributed by atoms with Crippen LogP contribution in [-0.4, -0.2) is 35.2 Å². The topological polar surface area (TPSA) is 74.7 Å². The number of alkyl halides is 3. The van der Waals surface area contributed by atoms with Crippen molar-refractivity contribution in [2.75, 3.05) is 7.11 Å². The summed E-state index contributed by atoms with van der Waals surface area (Å²) in [4.78, 5) is 17.7. The zero-order valence-electron chi connectivity index (χ0n) is 18.6. The van der Waals surface area contributed by atoms with E-state index >= 15 is 0 Å². The molecule has 0 amide bonds.